The van der Waals surface area contributed by atoms with Crippen molar-refractivity contribution in [2.75, 3.05) is 0 Å². The summed E-state index contributed by atoms with van der Waals surface area (Å²) in [6.07, 6.45) is 10.4. The van der Waals surface area contributed by atoms with Gasteiger partial charge in [-0.2, -0.15) is 0 Å². The highest BCUT2D eigenvalue weighted by Gasteiger charge is 2.14. The summed E-state index contributed by atoms with van der Waals surface area (Å²) >= 11 is 0. The van der Waals surface area contributed by atoms with Gasteiger partial charge in [-0.15, -0.1) is 0 Å². The summed E-state index contributed by atoms with van der Waals surface area (Å²) in [5, 5.41) is 0. The lowest BCUT2D eigenvalue weighted by Gasteiger charge is -2.15. The molecule has 0 bridgehead atoms. The van der Waals surface area contributed by atoms with E-state index in [9.17, 15) is 4.79 Å². The van der Waals surface area contributed by atoms with Crippen LogP contribution >= 0.6 is 0 Å². The molecule has 126 valence electrons. The third-order valence-electron chi connectivity index (χ3n) is 3.95. The van der Waals surface area contributed by atoms with E-state index in [1.54, 1.807) is 6.92 Å². The van der Waals surface area contributed by atoms with Gasteiger partial charge < -0.3 is 4.43 Å². The van der Waals surface area contributed by atoms with E-state index in [1.807, 2.05) is 0 Å². The summed E-state index contributed by atoms with van der Waals surface area (Å²) in [5.74, 6) is 1.57. The van der Waals surface area contributed by atoms with Crippen LogP contribution in [0, 0.1) is 11.8 Å². The fourth-order valence-corrected chi connectivity index (χ4v) is 5.18. The summed E-state index contributed by atoms with van der Waals surface area (Å²) in [5.41, 5.74) is 0. The van der Waals surface area contributed by atoms with Gasteiger partial charge in [0.15, 0.2) is 0 Å². The van der Waals surface area contributed by atoms with Crippen LogP contribution in [0.3, 0.4) is 0 Å². The van der Waals surface area contributed by atoms with E-state index in [4.69, 9.17) is 4.43 Å². The van der Waals surface area contributed by atoms with Crippen molar-refractivity contribution in [3.8, 4) is 0 Å². The predicted octanol–water partition coefficient (Wildman–Crippen LogP) is 5.71. The van der Waals surface area contributed by atoms with Gasteiger partial charge in [0.05, 0.1) is 0 Å². The number of carbonyl (C=O) groups excluding carboxylic acids is 1. The van der Waals surface area contributed by atoms with Crippen LogP contribution in [0.5, 0.6) is 0 Å². The smallest absolute Gasteiger partial charge is 0.289 e. The van der Waals surface area contributed by atoms with Gasteiger partial charge in [0.1, 0.15) is 0 Å². The molecular formula is C18H38O2Si. The average Bonchev–Trinajstić information content (AvgIpc) is 2.36. The molecule has 0 aromatic rings. The Morgan fingerprint density at radius 1 is 0.810 bits per heavy atom. The van der Waals surface area contributed by atoms with Crippen molar-refractivity contribution in [1.82, 2.24) is 0 Å². The number of carbonyl (C=O) groups is 1. The van der Waals surface area contributed by atoms with E-state index < -0.39 is 9.04 Å². The van der Waals surface area contributed by atoms with E-state index in [-0.39, 0.29) is 5.97 Å². The molecule has 0 aliphatic heterocycles. The molecule has 21 heavy (non-hydrogen) atoms. The Labute approximate surface area is 134 Å². The van der Waals surface area contributed by atoms with Gasteiger partial charge in [0.2, 0.25) is 9.04 Å². The van der Waals surface area contributed by atoms with Crippen molar-refractivity contribution >= 4 is 15.0 Å². The molecule has 0 radical (unpaired) electrons. The van der Waals surface area contributed by atoms with Gasteiger partial charge in [0, 0.05) is 6.92 Å². The minimum atomic E-state index is -1.28. The fraction of sp³-hybridized carbons (Fsp3) is 0.944. The molecule has 0 aromatic carbocycles. The number of rotatable bonds is 13. The lowest BCUT2D eigenvalue weighted by atomic mass is 10.1. The maximum Gasteiger partial charge on any atom is 0.289 e. The first-order valence-electron chi connectivity index (χ1n) is 9.09. The Morgan fingerprint density at radius 3 is 1.57 bits per heavy atom. The van der Waals surface area contributed by atoms with Gasteiger partial charge in [-0.1, -0.05) is 79.1 Å². The SMILES string of the molecule is CC(=O)O[SiH](CCCCCC(C)C)CCCCCC(C)C. The zero-order chi connectivity index (χ0) is 16.1. The van der Waals surface area contributed by atoms with E-state index in [0.29, 0.717) is 0 Å². The number of hydrogen-bond donors (Lipinski definition) is 0. The number of hydrogen-bond acceptors (Lipinski definition) is 2. The maximum atomic E-state index is 11.2. The Hall–Kier alpha value is -0.313. The Bertz CT molecular complexity index is 234. The van der Waals surface area contributed by atoms with Crippen molar-refractivity contribution < 1.29 is 9.22 Å². The van der Waals surface area contributed by atoms with E-state index >= 15 is 0 Å². The summed E-state index contributed by atoms with van der Waals surface area (Å²) in [4.78, 5) is 11.2. The van der Waals surface area contributed by atoms with Crippen LogP contribution in [0.15, 0.2) is 0 Å². The fourth-order valence-electron chi connectivity index (χ4n) is 2.70. The molecule has 0 spiro atoms. The highest BCUT2D eigenvalue weighted by molar-refractivity contribution is 6.53. The molecule has 0 fully saturated rings. The summed E-state index contributed by atoms with van der Waals surface area (Å²) in [7, 11) is -1.28. The van der Waals surface area contributed by atoms with Crippen molar-refractivity contribution in [2.45, 2.75) is 98.1 Å². The first-order chi connectivity index (χ1) is 9.91. The molecule has 0 unspecified atom stereocenters. The van der Waals surface area contributed by atoms with Crippen LogP contribution in [0.2, 0.25) is 12.1 Å². The zero-order valence-electron chi connectivity index (χ0n) is 15.1. The molecule has 0 N–H and O–H groups in total. The van der Waals surface area contributed by atoms with Crippen molar-refractivity contribution in [2.24, 2.45) is 11.8 Å². The van der Waals surface area contributed by atoms with Crippen LogP contribution in [0.1, 0.15) is 86.0 Å². The van der Waals surface area contributed by atoms with Crippen molar-refractivity contribution in [1.29, 1.82) is 0 Å². The quantitative estimate of drug-likeness (QED) is 0.322. The average molecular weight is 315 g/mol. The van der Waals surface area contributed by atoms with Crippen LogP contribution in [-0.4, -0.2) is 15.0 Å². The number of unbranched alkanes of at least 4 members (excludes halogenated alkanes) is 4. The molecule has 2 nitrogen and oxygen atoms in total. The van der Waals surface area contributed by atoms with E-state index in [2.05, 4.69) is 27.7 Å². The second-order valence-corrected chi connectivity index (χ2v) is 9.93. The molecule has 3 heteroatoms. The molecule has 0 rings (SSSR count). The van der Waals surface area contributed by atoms with Gasteiger partial charge >= 0.3 is 0 Å². The Balaban J connectivity index is 3.74. The molecule has 0 amide bonds. The lowest BCUT2D eigenvalue weighted by molar-refractivity contribution is -0.132. The summed E-state index contributed by atoms with van der Waals surface area (Å²) in [6.45, 7) is 10.7. The molecule has 0 aliphatic rings. The maximum absolute atomic E-state index is 11.2. The van der Waals surface area contributed by atoms with E-state index in [0.717, 1.165) is 11.8 Å². The predicted molar refractivity (Wildman–Crippen MR) is 95.1 cm³/mol. The van der Waals surface area contributed by atoms with Gasteiger partial charge in [-0.05, 0) is 23.9 Å². The van der Waals surface area contributed by atoms with Gasteiger partial charge in [-0.25, -0.2) is 0 Å². The van der Waals surface area contributed by atoms with Crippen LogP contribution in [0.4, 0.5) is 0 Å². The standard InChI is InChI=1S/C18H38O2Si/c1-16(2)12-8-6-10-14-21(20-18(5)19)15-11-7-9-13-17(3)4/h16-17,21H,6-15H2,1-5H3. The highest BCUT2D eigenvalue weighted by atomic mass is 28.3. The highest BCUT2D eigenvalue weighted by Crippen LogP contribution is 2.17. The molecule has 0 aliphatic carbocycles. The molecule has 0 aromatic heterocycles. The largest absolute Gasteiger partial charge is 0.522 e. The van der Waals surface area contributed by atoms with Crippen LogP contribution in [-0.2, 0) is 9.22 Å². The second-order valence-electron chi connectivity index (χ2n) is 7.30. The van der Waals surface area contributed by atoms with Crippen LogP contribution < -0.4 is 0 Å². The first-order valence-corrected chi connectivity index (χ1v) is 11.2. The third kappa shape index (κ3) is 15.9. The lowest BCUT2D eigenvalue weighted by Crippen LogP contribution is -2.20. The monoisotopic (exact) mass is 314 g/mol. The molecule has 0 heterocycles. The summed E-state index contributed by atoms with van der Waals surface area (Å²) in [6, 6.07) is 2.36. The van der Waals surface area contributed by atoms with Gasteiger partial charge in [0.25, 0.3) is 5.97 Å². The zero-order valence-corrected chi connectivity index (χ0v) is 16.3. The molecule has 0 atom stereocenters. The normalized spacial score (nSPS) is 11.6. The van der Waals surface area contributed by atoms with E-state index in [1.165, 1.54) is 63.5 Å². The van der Waals surface area contributed by atoms with Crippen molar-refractivity contribution in [3.05, 3.63) is 0 Å². The topological polar surface area (TPSA) is 26.3 Å². The molecule has 0 saturated heterocycles. The van der Waals surface area contributed by atoms with Crippen molar-refractivity contribution in [3.63, 3.8) is 0 Å². The Morgan fingerprint density at radius 2 is 1.24 bits per heavy atom. The first kappa shape index (κ1) is 20.7. The third-order valence-corrected chi connectivity index (χ3v) is 6.72. The van der Waals surface area contributed by atoms with Crippen LogP contribution in [0.25, 0.3) is 0 Å². The minimum absolute atomic E-state index is 0.0592. The molecular weight excluding hydrogens is 276 g/mol. The van der Waals surface area contributed by atoms with Gasteiger partial charge in [-0.3, -0.25) is 4.79 Å². The molecule has 0 saturated carbocycles. The minimum Gasteiger partial charge on any atom is -0.522 e. The Kier molecular flexibility index (Phi) is 13.2. The second kappa shape index (κ2) is 13.4. The summed E-state index contributed by atoms with van der Waals surface area (Å²) < 4.78 is 5.61.